The van der Waals surface area contributed by atoms with Crippen LogP contribution in [0.15, 0.2) is 17.0 Å². The van der Waals surface area contributed by atoms with Gasteiger partial charge in [0.2, 0.25) is 10.0 Å². The number of halogens is 1. The van der Waals surface area contributed by atoms with E-state index in [2.05, 4.69) is 0 Å². The monoisotopic (exact) mass is 347 g/mol. The Morgan fingerprint density at radius 3 is 2.32 bits per heavy atom. The summed E-state index contributed by atoms with van der Waals surface area (Å²) in [5, 5.41) is 9.17. The second-order valence-electron chi connectivity index (χ2n) is 5.11. The fourth-order valence-electron chi connectivity index (χ4n) is 2.49. The summed E-state index contributed by atoms with van der Waals surface area (Å²) < 4.78 is 31.8. The predicted molar refractivity (Wildman–Crippen MR) is 82.2 cm³/mol. The highest BCUT2D eigenvalue weighted by Gasteiger charge is 2.29. The molecule has 1 aromatic carbocycles. The van der Waals surface area contributed by atoms with Gasteiger partial charge in [0.05, 0.1) is 12.1 Å². The van der Waals surface area contributed by atoms with Crippen molar-refractivity contribution in [3.05, 3.63) is 22.7 Å². The lowest BCUT2D eigenvalue weighted by Gasteiger charge is -2.21. The van der Waals surface area contributed by atoms with Crippen LogP contribution in [0.3, 0.4) is 0 Å². The molecule has 22 heavy (non-hydrogen) atoms. The highest BCUT2D eigenvalue weighted by Crippen LogP contribution is 2.32. The van der Waals surface area contributed by atoms with Crippen LogP contribution in [0.25, 0.3) is 0 Å². The predicted octanol–water partition coefficient (Wildman–Crippen LogP) is 2.61. The van der Waals surface area contributed by atoms with E-state index in [-0.39, 0.29) is 21.2 Å². The molecule has 6 nitrogen and oxygen atoms in total. The van der Waals surface area contributed by atoms with Crippen LogP contribution in [0.4, 0.5) is 0 Å². The lowest BCUT2D eigenvalue weighted by molar-refractivity contribution is 0.0693. The molecule has 8 heteroatoms. The van der Waals surface area contributed by atoms with Crippen molar-refractivity contribution in [2.45, 2.75) is 30.6 Å². The lowest BCUT2D eigenvalue weighted by atomic mass is 10.2. The first-order chi connectivity index (χ1) is 10.4. The number of sulfonamides is 1. The summed E-state index contributed by atoms with van der Waals surface area (Å²) in [4.78, 5) is 11.1. The highest BCUT2D eigenvalue weighted by molar-refractivity contribution is 7.89. The molecule has 0 aromatic heterocycles. The first kappa shape index (κ1) is 17.1. The topological polar surface area (TPSA) is 83.9 Å². The van der Waals surface area contributed by atoms with E-state index in [0.29, 0.717) is 13.1 Å². The number of carboxylic acids is 1. The molecule has 1 saturated heterocycles. The number of carbonyl (C=O) groups is 1. The Labute approximate surface area is 134 Å². The van der Waals surface area contributed by atoms with Crippen molar-refractivity contribution in [3.8, 4) is 5.75 Å². The summed E-state index contributed by atoms with van der Waals surface area (Å²) in [6, 6.07) is 2.30. The van der Waals surface area contributed by atoms with Crippen LogP contribution < -0.4 is 4.74 Å². The van der Waals surface area contributed by atoms with Crippen LogP contribution in [-0.2, 0) is 10.0 Å². The zero-order valence-electron chi connectivity index (χ0n) is 12.2. The van der Waals surface area contributed by atoms with Gasteiger partial charge in [0.25, 0.3) is 0 Å². The van der Waals surface area contributed by atoms with Gasteiger partial charge in [-0.3, -0.25) is 0 Å². The van der Waals surface area contributed by atoms with Crippen molar-refractivity contribution < 1.29 is 23.1 Å². The normalized spacial score (nSPS) is 17.0. The van der Waals surface area contributed by atoms with Gasteiger partial charge in [-0.05, 0) is 18.9 Å². The van der Waals surface area contributed by atoms with Gasteiger partial charge in [-0.2, -0.15) is 4.31 Å². The molecule has 1 fully saturated rings. The van der Waals surface area contributed by atoms with Crippen molar-refractivity contribution in [1.82, 2.24) is 4.31 Å². The summed E-state index contributed by atoms with van der Waals surface area (Å²) in [6.07, 6.45) is 3.56. The van der Waals surface area contributed by atoms with Crippen LogP contribution in [0.1, 0.15) is 36.0 Å². The first-order valence-corrected chi connectivity index (χ1v) is 8.80. The van der Waals surface area contributed by atoms with E-state index in [9.17, 15) is 18.3 Å². The van der Waals surface area contributed by atoms with Gasteiger partial charge in [-0.1, -0.05) is 24.4 Å². The second-order valence-corrected chi connectivity index (χ2v) is 7.42. The average Bonchev–Trinajstić information content (AvgIpc) is 2.75. The Morgan fingerprint density at radius 1 is 1.23 bits per heavy atom. The van der Waals surface area contributed by atoms with E-state index < -0.39 is 16.0 Å². The molecule has 0 atom stereocenters. The minimum atomic E-state index is -3.81. The number of methoxy groups -OCH3 is 1. The molecule has 122 valence electrons. The van der Waals surface area contributed by atoms with Crippen LogP contribution in [-0.4, -0.2) is 44.0 Å². The zero-order valence-corrected chi connectivity index (χ0v) is 13.8. The minimum absolute atomic E-state index is 0.0346. The molecule has 0 saturated carbocycles. The number of hydrogen-bond acceptors (Lipinski definition) is 4. The molecule has 0 amide bonds. The SMILES string of the molecule is COc1cc(Cl)c(S(=O)(=O)N2CCCCCC2)cc1C(=O)O. The van der Waals surface area contributed by atoms with E-state index in [4.69, 9.17) is 16.3 Å². The van der Waals surface area contributed by atoms with E-state index in [1.54, 1.807) is 0 Å². The Balaban J connectivity index is 2.50. The van der Waals surface area contributed by atoms with Gasteiger partial charge in [0, 0.05) is 19.2 Å². The van der Waals surface area contributed by atoms with Crippen LogP contribution in [0.2, 0.25) is 5.02 Å². The summed E-state index contributed by atoms with van der Waals surface area (Å²) in [6.45, 7) is 0.847. The molecular weight excluding hydrogens is 330 g/mol. The zero-order chi connectivity index (χ0) is 16.3. The maximum atomic E-state index is 12.7. The van der Waals surface area contributed by atoms with Crippen LogP contribution in [0, 0.1) is 0 Å². The first-order valence-electron chi connectivity index (χ1n) is 6.99. The smallest absolute Gasteiger partial charge is 0.339 e. The standard InChI is InChI=1S/C14H18ClNO5S/c1-21-12-9-11(15)13(8-10(12)14(17)18)22(19,20)16-6-4-2-3-5-7-16/h8-9H,2-7H2,1H3,(H,17,18). The number of ether oxygens (including phenoxy) is 1. The number of carboxylic acid groups (broad SMARTS) is 1. The molecular formula is C14H18ClNO5S. The molecule has 0 bridgehead atoms. The van der Waals surface area contributed by atoms with Gasteiger partial charge in [-0.25, -0.2) is 13.2 Å². The molecule has 0 unspecified atom stereocenters. The number of benzene rings is 1. The third kappa shape index (κ3) is 3.37. The molecule has 1 aliphatic heterocycles. The molecule has 0 spiro atoms. The van der Waals surface area contributed by atoms with E-state index in [1.165, 1.54) is 17.5 Å². The summed E-state index contributed by atoms with van der Waals surface area (Å²) >= 11 is 6.05. The van der Waals surface area contributed by atoms with Crippen molar-refractivity contribution >= 4 is 27.6 Å². The maximum absolute atomic E-state index is 12.7. The van der Waals surface area contributed by atoms with Gasteiger partial charge in [0.1, 0.15) is 16.2 Å². The fraction of sp³-hybridized carbons (Fsp3) is 0.500. The number of aromatic carboxylic acids is 1. The van der Waals surface area contributed by atoms with Gasteiger partial charge >= 0.3 is 5.97 Å². The van der Waals surface area contributed by atoms with E-state index >= 15 is 0 Å². The maximum Gasteiger partial charge on any atom is 0.339 e. The summed E-state index contributed by atoms with van der Waals surface area (Å²) in [7, 11) is -2.51. The van der Waals surface area contributed by atoms with Crippen molar-refractivity contribution in [2.75, 3.05) is 20.2 Å². The Morgan fingerprint density at radius 2 is 1.82 bits per heavy atom. The van der Waals surface area contributed by atoms with Crippen LogP contribution in [0.5, 0.6) is 5.75 Å². The summed E-state index contributed by atoms with van der Waals surface area (Å²) in [5.41, 5.74) is -0.222. The minimum Gasteiger partial charge on any atom is -0.496 e. The number of hydrogen-bond donors (Lipinski definition) is 1. The lowest BCUT2D eigenvalue weighted by Crippen LogP contribution is -2.32. The Kier molecular flexibility index (Phi) is 5.31. The Bertz CT molecular complexity index is 666. The van der Waals surface area contributed by atoms with Crippen molar-refractivity contribution in [3.63, 3.8) is 0 Å². The number of nitrogens with zero attached hydrogens (tertiary/aromatic N) is 1. The highest BCUT2D eigenvalue weighted by atomic mass is 35.5. The third-order valence-electron chi connectivity index (χ3n) is 3.67. The Hall–Kier alpha value is -1.31. The van der Waals surface area contributed by atoms with Crippen molar-refractivity contribution in [1.29, 1.82) is 0 Å². The fourth-order valence-corrected chi connectivity index (χ4v) is 4.53. The molecule has 1 aliphatic rings. The third-order valence-corrected chi connectivity index (χ3v) is 6.03. The van der Waals surface area contributed by atoms with E-state index in [1.807, 2.05) is 0 Å². The van der Waals surface area contributed by atoms with Gasteiger partial charge < -0.3 is 9.84 Å². The van der Waals surface area contributed by atoms with Gasteiger partial charge in [-0.15, -0.1) is 0 Å². The molecule has 0 aliphatic carbocycles. The molecule has 1 heterocycles. The van der Waals surface area contributed by atoms with Crippen LogP contribution >= 0.6 is 11.6 Å². The van der Waals surface area contributed by atoms with Crippen molar-refractivity contribution in [2.24, 2.45) is 0 Å². The molecule has 2 rings (SSSR count). The second kappa shape index (κ2) is 6.85. The summed E-state index contributed by atoms with van der Waals surface area (Å²) in [5.74, 6) is -1.23. The quantitative estimate of drug-likeness (QED) is 0.905. The molecule has 1 N–H and O–H groups in total. The molecule has 1 aromatic rings. The largest absolute Gasteiger partial charge is 0.496 e. The van der Waals surface area contributed by atoms with Gasteiger partial charge in [0.15, 0.2) is 0 Å². The van der Waals surface area contributed by atoms with E-state index in [0.717, 1.165) is 31.7 Å². The molecule has 0 radical (unpaired) electrons. The number of rotatable bonds is 4. The average molecular weight is 348 g/mol.